The van der Waals surface area contributed by atoms with E-state index in [-0.39, 0.29) is 0 Å². The molecular weight excluding hydrogens is 242 g/mol. The van der Waals surface area contributed by atoms with Crippen molar-refractivity contribution in [3.05, 3.63) is 0 Å². The van der Waals surface area contributed by atoms with Crippen LogP contribution >= 0.6 is 7.82 Å². The van der Waals surface area contributed by atoms with Crippen molar-refractivity contribution in [1.29, 1.82) is 0 Å². The van der Waals surface area contributed by atoms with Crippen LogP contribution in [0.15, 0.2) is 0 Å². The molecule has 0 aliphatic carbocycles. The average molecular weight is 264 g/mol. The predicted octanol–water partition coefficient (Wildman–Crippen LogP) is 2.40. The maximum Gasteiger partial charge on any atom is 0.466 e. The van der Waals surface area contributed by atoms with Gasteiger partial charge in [0.05, 0.1) is 0 Å². The molecule has 0 aliphatic rings. The van der Waals surface area contributed by atoms with Gasteiger partial charge in [-0.1, -0.05) is 0 Å². The van der Waals surface area contributed by atoms with Crippen molar-refractivity contribution in [2.75, 3.05) is 0 Å². The van der Waals surface area contributed by atoms with Gasteiger partial charge in [-0.25, -0.2) is 4.57 Å². The van der Waals surface area contributed by atoms with E-state index >= 15 is 0 Å². The third-order valence-corrected chi connectivity index (χ3v) is 3.06. The molecule has 0 unspecified atom stereocenters. The quantitative estimate of drug-likeness (QED) is 0.375. The number of rotatable bonds is 7. The number of unbranched alkanes of at least 4 members (excludes halogenated alkanes) is 6. The Kier molecular flexibility index (Phi) is 17.6. The molecule has 0 bridgehead atoms. The van der Waals surface area contributed by atoms with Gasteiger partial charge in [-0.2, -0.15) is 0 Å². The zero-order chi connectivity index (χ0) is 12.2. The van der Waals surface area contributed by atoms with Crippen LogP contribution < -0.4 is 0 Å². The summed E-state index contributed by atoms with van der Waals surface area (Å²) in [5.74, 6) is 0. The van der Waals surface area contributed by atoms with Gasteiger partial charge in [0, 0.05) is 0 Å². The molecule has 0 amide bonds. The van der Waals surface area contributed by atoms with Crippen LogP contribution in [0.1, 0.15) is 51.9 Å². The molecule has 3 N–H and O–H groups in total. The van der Waals surface area contributed by atoms with Crippen molar-refractivity contribution in [1.82, 2.24) is 0 Å². The van der Waals surface area contributed by atoms with Gasteiger partial charge in [-0.3, -0.25) is 0 Å². The Morgan fingerprint density at radius 2 is 1.27 bits per heavy atom. The molecule has 0 spiro atoms. The van der Waals surface area contributed by atoms with Crippen LogP contribution in [0.2, 0.25) is 0.515 Å². The van der Waals surface area contributed by atoms with E-state index in [2.05, 4.69) is 6.92 Å². The summed E-state index contributed by atoms with van der Waals surface area (Å²) < 4.78 is 10.4. The van der Waals surface area contributed by atoms with Crippen molar-refractivity contribution < 1.29 is 19.2 Å². The fraction of sp³-hybridized carbons (Fsp3) is 1.00. The second kappa shape index (κ2) is 13.8. The minimum atomic E-state index is -4.64. The molecule has 15 heavy (non-hydrogen) atoms. The van der Waals surface area contributed by atoms with E-state index in [1.807, 2.05) is 0 Å². The summed E-state index contributed by atoms with van der Waals surface area (Å²) in [4.78, 5) is 21.6. The molecule has 88 valence electrons. The van der Waals surface area contributed by atoms with Gasteiger partial charge in [-0.15, -0.1) is 0 Å². The fourth-order valence-corrected chi connectivity index (χ4v) is 1.99. The zero-order valence-electron chi connectivity index (χ0n) is 9.85. The third-order valence-electron chi connectivity index (χ3n) is 1.96. The first-order chi connectivity index (χ1) is 6.91. The zero-order valence-corrected chi connectivity index (χ0v) is 13.9. The number of phosphoric acid groups is 1. The molecule has 0 aromatic rings. The average Bonchev–Trinajstić information content (AvgIpc) is 2.08. The molecular formula is C9H22KO4P. The topological polar surface area (TPSA) is 77.8 Å². The monoisotopic (exact) mass is 264 g/mol. The minimum absolute atomic E-state index is 1.11. The first-order valence-corrected chi connectivity index (χ1v) is 9.47. The summed E-state index contributed by atoms with van der Waals surface area (Å²) >= 11 is 1.11. The maximum absolute atomic E-state index is 8.88. The van der Waals surface area contributed by atoms with E-state index in [0.29, 0.717) is 0 Å². The van der Waals surface area contributed by atoms with Gasteiger partial charge < -0.3 is 14.7 Å². The maximum atomic E-state index is 8.88. The molecule has 0 aromatic heterocycles. The van der Waals surface area contributed by atoms with Crippen molar-refractivity contribution >= 4 is 56.8 Å². The van der Waals surface area contributed by atoms with E-state index in [1.54, 1.807) is 0.515 Å². The van der Waals surface area contributed by atoms with Crippen LogP contribution in [0.4, 0.5) is 0 Å². The minimum Gasteiger partial charge on any atom is -0.303 e. The molecule has 0 saturated carbocycles. The van der Waals surface area contributed by atoms with Gasteiger partial charge in [0.25, 0.3) is 0 Å². The van der Waals surface area contributed by atoms with E-state index in [9.17, 15) is 0 Å². The normalized spacial score (nSPS) is 10.8. The van der Waals surface area contributed by atoms with Gasteiger partial charge >= 0.3 is 109 Å². The first-order valence-electron chi connectivity index (χ1n) is 5.70. The number of hydrogen-bond donors (Lipinski definition) is 3. The van der Waals surface area contributed by atoms with E-state index in [1.165, 1.54) is 44.9 Å². The predicted molar refractivity (Wildman–Crippen MR) is 62.8 cm³/mol. The van der Waals surface area contributed by atoms with Crippen LogP contribution in [-0.4, -0.2) is 63.6 Å². The summed E-state index contributed by atoms with van der Waals surface area (Å²) in [7, 11) is -4.64. The number of hydrogen-bond acceptors (Lipinski definition) is 1. The van der Waals surface area contributed by atoms with Crippen LogP contribution in [0.3, 0.4) is 0 Å². The van der Waals surface area contributed by atoms with Crippen LogP contribution in [0.5, 0.6) is 0 Å². The van der Waals surface area contributed by atoms with E-state index in [4.69, 9.17) is 19.2 Å². The molecule has 0 heterocycles. The second-order valence-corrected chi connectivity index (χ2v) is 6.22. The van der Waals surface area contributed by atoms with Crippen LogP contribution in [-0.2, 0) is 4.57 Å². The Morgan fingerprint density at radius 1 is 0.933 bits per heavy atom. The second-order valence-electron chi connectivity index (χ2n) is 3.63. The standard InChI is InChI=1S/C9H19.K.H3O4P/c1-3-5-7-9-8-6-4-2;;1-5(2,3)4/h1,3-9H2,2H3;;(H3,1,2,3,4). The molecule has 0 aromatic carbocycles. The fourth-order valence-electron chi connectivity index (χ4n) is 1.21. The first kappa shape index (κ1) is 19.1. The summed E-state index contributed by atoms with van der Waals surface area (Å²) in [5.41, 5.74) is 0. The summed E-state index contributed by atoms with van der Waals surface area (Å²) in [5, 5.41) is 0. The van der Waals surface area contributed by atoms with Gasteiger partial charge in [0.2, 0.25) is 0 Å². The Morgan fingerprint density at radius 3 is 1.60 bits per heavy atom. The summed E-state index contributed by atoms with van der Waals surface area (Å²) in [6.07, 6.45) is 10.3. The SMILES string of the molecule is CCCCCCCC[CH2][K].O=P(O)(O)O. The largest absolute Gasteiger partial charge is 0.466 e. The Labute approximate surface area is 127 Å². The van der Waals surface area contributed by atoms with Gasteiger partial charge in [-0.05, 0) is 0 Å². The molecule has 0 saturated heterocycles. The summed E-state index contributed by atoms with van der Waals surface area (Å²) in [6, 6.07) is 0. The van der Waals surface area contributed by atoms with Crippen molar-refractivity contribution in [2.24, 2.45) is 0 Å². The summed E-state index contributed by atoms with van der Waals surface area (Å²) in [6.45, 7) is 2.28. The molecule has 0 radical (unpaired) electrons. The van der Waals surface area contributed by atoms with E-state index in [0.717, 1.165) is 49.0 Å². The van der Waals surface area contributed by atoms with E-state index < -0.39 is 7.82 Å². The van der Waals surface area contributed by atoms with Crippen molar-refractivity contribution in [3.63, 3.8) is 0 Å². The van der Waals surface area contributed by atoms with Crippen LogP contribution in [0, 0.1) is 0 Å². The molecule has 0 atom stereocenters. The van der Waals surface area contributed by atoms with Gasteiger partial charge in [0.15, 0.2) is 0 Å². The Hall–Kier alpha value is 1.75. The molecule has 0 rings (SSSR count). The third kappa shape index (κ3) is 38.9. The van der Waals surface area contributed by atoms with Crippen molar-refractivity contribution in [3.8, 4) is 0 Å². The molecule has 4 nitrogen and oxygen atoms in total. The Balaban J connectivity index is 0. The van der Waals surface area contributed by atoms with Crippen molar-refractivity contribution in [2.45, 2.75) is 52.4 Å². The van der Waals surface area contributed by atoms with Gasteiger partial charge in [0.1, 0.15) is 0 Å². The smallest absolute Gasteiger partial charge is 0.303 e. The molecule has 6 heteroatoms. The molecule has 0 fully saturated rings. The molecule has 0 aliphatic heterocycles. The Bertz CT molecular complexity index is 144. The van der Waals surface area contributed by atoms with Crippen LogP contribution in [0.25, 0.3) is 0 Å².